The van der Waals surface area contributed by atoms with Gasteiger partial charge in [-0.15, -0.1) is 22.7 Å². The summed E-state index contributed by atoms with van der Waals surface area (Å²) in [6.07, 6.45) is 1.46. The molecule has 2 aromatic heterocycles. The van der Waals surface area contributed by atoms with Gasteiger partial charge in [-0.1, -0.05) is 0 Å². The third-order valence-corrected chi connectivity index (χ3v) is 6.05. The summed E-state index contributed by atoms with van der Waals surface area (Å²) in [5.74, 6) is -0.493. The number of ether oxygens (including phenoxy) is 1. The van der Waals surface area contributed by atoms with Crippen LogP contribution in [-0.4, -0.2) is 35.4 Å². The molecule has 1 aliphatic heterocycles. The molecule has 0 atom stereocenters. The Kier molecular flexibility index (Phi) is 5.54. The Morgan fingerprint density at radius 2 is 2.17 bits per heavy atom. The van der Waals surface area contributed by atoms with Gasteiger partial charge in [0.1, 0.15) is 0 Å². The lowest BCUT2D eigenvalue weighted by atomic mass is 10.1. The molecule has 29 heavy (non-hydrogen) atoms. The number of hydrogen-bond acceptors (Lipinski definition) is 7. The van der Waals surface area contributed by atoms with E-state index in [-0.39, 0.29) is 24.0 Å². The number of hydrogen-bond donors (Lipinski definition) is 1. The van der Waals surface area contributed by atoms with Crippen molar-refractivity contribution < 1.29 is 18.7 Å². The van der Waals surface area contributed by atoms with E-state index in [1.807, 2.05) is 0 Å². The van der Waals surface area contributed by atoms with E-state index >= 15 is 0 Å². The van der Waals surface area contributed by atoms with Crippen molar-refractivity contribution in [3.63, 3.8) is 0 Å². The molecule has 2 amide bonds. The zero-order chi connectivity index (χ0) is 20.4. The second kappa shape index (κ2) is 8.26. The number of nitrogens with zero attached hydrogens (tertiary/aromatic N) is 3. The zero-order valence-electron chi connectivity index (χ0n) is 15.5. The van der Waals surface area contributed by atoms with Gasteiger partial charge in [0.15, 0.2) is 21.8 Å². The largest absolute Gasteiger partial charge is 0.494 e. The van der Waals surface area contributed by atoms with Crippen LogP contribution in [0.5, 0.6) is 5.75 Å². The first-order valence-electron chi connectivity index (χ1n) is 8.87. The summed E-state index contributed by atoms with van der Waals surface area (Å²) in [6, 6.07) is 4.59. The highest BCUT2D eigenvalue weighted by molar-refractivity contribution is 7.14. The number of rotatable bonds is 6. The number of benzene rings is 1. The van der Waals surface area contributed by atoms with Gasteiger partial charge >= 0.3 is 0 Å². The first-order valence-corrected chi connectivity index (χ1v) is 10.6. The van der Waals surface area contributed by atoms with Crippen molar-refractivity contribution in [2.75, 3.05) is 23.9 Å². The summed E-state index contributed by atoms with van der Waals surface area (Å²) in [5, 5.41) is 7.33. The van der Waals surface area contributed by atoms with Crippen molar-refractivity contribution in [1.82, 2.24) is 9.97 Å². The zero-order valence-corrected chi connectivity index (χ0v) is 17.1. The molecule has 1 fully saturated rings. The molecule has 0 aliphatic carbocycles. The van der Waals surface area contributed by atoms with Crippen molar-refractivity contribution in [2.24, 2.45) is 0 Å². The Bertz CT molecular complexity index is 1070. The van der Waals surface area contributed by atoms with E-state index in [0.29, 0.717) is 40.2 Å². The Morgan fingerprint density at radius 1 is 1.31 bits per heavy atom. The van der Waals surface area contributed by atoms with Crippen LogP contribution in [0.25, 0.3) is 11.3 Å². The lowest BCUT2D eigenvalue weighted by Gasteiger charge is -2.10. The van der Waals surface area contributed by atoms with E-state index < -0.39 is 5.82 Å². The van der Waals surface area contributed by atoms with Crippen LogP contribution in [0.2, 0.25) is 0 Å². The van der Waals surface area contributed by atoms with Crippen molar-refractivity contribution in [3.05, 3.63) is 40.5 Å². The third-order valence-electron chi connectivity index (χ3n) is 4.38. The molecule has 3 aromatic rings. The molecular weight excluding hydrogens is 415 g/mol. The maximum absolute atomic E-state index is 13.9. The number of anilines is 2. The Balaban J connectivity index is 1.39. The number of thiazole rings is 2. The summed E-state index contributed by atoms with van der Waals surface area (Å²) in [7, 11) is 1.41. The average Bonchev–Trinajstić information content (AvgIpc) is 3.43. The second-order valence-electron chi connectivity index (χ2n) is 6.38. The number of nitrogens with one attached hydrogen (secondary N) is 1. The molecule has 150 valence electrons. The van der Waals surface area contributed by atoms with E-state index in [2.05, 4.69) is 15.3 Å². The molecule has 0 bridgehead atoms. The van der Waals surface area contributed by atoms with Crippen molar-refractivity contribution in [1.29, 1.82) is 0 Å². The van der Waals surface area contributed by atoms with Gasteiger partial charge < -0.3 is 10.1 Å². The molecule has 3 heterocycles. The summed E-state index contributed by atoms with van der Waals surface area (Å²) in [6.45, 7) is 0.672. The number of methoxy groups -OCH3 is 1. The molecule has 0 radical (unpaired) electrons. The Hall–Kier alpha value is -2.85. The van der Waals surface area contributed by atoms with Gasteiger partial charge in [-0.2, -0.15) is 0 Å². The van der Waals surface area contributed by atoms with Gasteiger partial charge in [-0.3, -0.25) is 14.5 Å². The minimum atomic E-state index is -0.473. The number of halogens is 1. The van der Waals surface area contributed by atoms with Gasteiger partial charge in [-0.05, 0) is 24.6 Å². The minimum absolute atomic E-state index is 0.0700. The van der Waals surface area contributed by atoms with Crippen molar-refractivity contribution in [3.8, 4) is 17.0 Å². The molecule has 10 heteroatoms. The predicted octanol–water partition coefficient (Wildman–Crippen LogP) is 3.72. The van der Waals surface area contributed by atoms with Gasteiger partial charge in [0.25, 0.3) is 0 Å². The topological polar surface area (TPSA) is 84.4 Å². The van der Waals surface area contributed by atoms with Gasteiger partial charge in [0.05, 0.1) is 24.9 Å². The van der Waals surface area contributed by atoms with Crippen LogP contribution in [0.4, 0.5) is 14.7 Å². The van der Waals surface area contributed by atoms with Gasteiger partial charge in [0.2, 0.25) is 11.8 Å². The van der Waals surface area contributed by atoms with Crippen molar-refractivity contribution in [2.45, 2.75) is 19.3 Å². The molecule has 4 rings (SSSR count). The van der Waals surface area contributed by atoms with E-state index in [1.165, 1.54) is 41.9 Å². The van der Waals surface area contributed by atoms with Gasteiger partial charge in [0, 0.05) is 29.3 Å². The number of amides is 2. The van der Waals surface area contributed by atoms with Gasteiger partial charge in [-0.25, -0.2) is 14.4 Å². The SMILES string of the molecule is COc1ccc(-c2csc(NC(=O)Cc3csc(N4CCCC4=O)n3)n2)cc1F. The van der Waals surface area contributed by atoms with Crippen LogP contribution >= 0.6 is 22.7 Å². The van der Waals surface area contributed by atoms with Crippen LogP contribution in [0, 0.1) is 5.82 Å². The van der Waals surface area contributed by atoms with Crippen LogP contribution < -0.4 is 15.0 Å². The quantitative estimate of drug-likeness (QED) is 0.642. The smallest absolute Gasteiger partial charge is 0.232 e. The highest BCUT2D eigenvalue weighted by atomic mass is 32.1. The monoisotopic (exact) mass is 432 g/mol. The first kappa shape index (κ1) is 19.5. The molecular formula is C19H17FN4O3S2. The summed E-state index contributed by atoms with van der Waals surface area (Å²) >= 11 is 2.62. The molecule has 0 saturated carbocycles. The van der Waals surface area contributed by atoms with Crippen LogP contribution in [0.3, 0.4) is 0 Å². The lowest BCUT2D eigenvalue weighted by molar-refractivity contribution is -0.117. The Labute approximate surface area is 174 Å². The number of carbonyl (C=O) groups excluding carboxylic acids is 2. The summed E-state index contributed by atoms with van der Waals surface area (Å²) in [5.41, 5.74) is 1.77. The number of carbonyl (C=O) groups is 2. The fourth-order valence-electron chi connectivity index (χ4n) is 2.97. The average molecular weight is 433 g/mol. The van der Waals surface area contributed by atoms with E-state index in [0.717, 1.165) is 6.42 Å². The third kappa shape index (κ3) is 4.28. The van der Waals surface area contributed by atoms with E-state index in [1.54, 1.807) is 21.7 Å². The standard InChI is InChI=1S/C19H17FN4O3S2/c1-27-15-5-4-11(7-13(15)20)14-10-28-18(22-14)23-16(25)8-12-9-29-19(21-12)24-6-2-3-17(24)26/h4-5,7,9-10H,2-3,6,8H2,1H3,(H,22,23,25). The number of aromatic nitrogens is 2. The molecule has 1 aromatic carbocycles. The summed E-state index contributed by atoms with van der Waals surface area (Å²) < 4.78 is 18.8. The molecule has 0 unspecified atom stereocenters. The highest BCUT2D eigenvalue weighted by Crippen LogP contribution is 2.29. The minimum Gasteiger partial charge on any atom is -0.494 e. The second-order valence-corrected chi connectivity index (χ2v) is 8.08. The first-order chi connectivity index (χ1) is 14.0. The molecule has 7 nitrogen and oxygen atoms in total. The van der Waals surface area contributed by atoms with Crippen LogP contribution in [0.15, 0.2) is 29.0 Å². The molecule has 0 spiro atoms. The molecule has 1 saturated heterocycles. The fraction of sp³-hybridized carbons (Fsp3) is 0.263. The molecule has 1 aliphatic rings. The highest BCUT2D eigenvalue weighted by Gasteiger charge is 2.24. The van der Waals surface area contributed by atoms with E-state index in [4.69, 9.17) is 4.74 Å². The maximum Gasteiger partial charge on any atom is 0.232 e. The predicted molar refractivity (Wildman–Crippen MR) is 110 cm³/mol. The molecule has 1 N–H and O–H groups in total. The lowest BCUT2D eigenvalue weighted by Crippen LogP contribution is -2.23. The van der Waals surface area contributed by atoms with E-state index in [9.17, 15) is 14.0 Å². The maximum atomic E-state index is 13.9. The summed E-state index contributed by atoms with van der Waals surface area (Å²) in [4.78, 5) is 34.5. The Morgan fingerprint density at radius 3 is 2.90 bits per heavy atom. The van der Waals surface area contributed by atoms with Crippen LogP contribution in [-0.2, 0) is 16.0 Å². The van der Waals surface area contributed by atoms with Crippen LogP contribution in [0.1, 0.15) is 18.5 Å². The fourth-order valence-corrected chi connectivity index (χ4v) is 4.57. The normalized spacial score (nSPS) is 13.7. The van der Waals surface area contributed by atoms with Crippen molar-refractivity contribution >= 4 is 44.8 Å².